The molecule has 2 aliphatic rings. The lowest BCUT2D eigenvalue weighted by atomic mass is 10.2. The van der Waals surface area contributed by atoms with Crippen molar-refractivity contribution in [2.75, 3.05) is 58.1 Å². The molecule has 0 aliphatic carbocycles. The molecule has 0 spiro atoms. The van der Waals surface area contributed by atoms with Crippen LogP contribution in [0.5, 0.6) is 5.75 Å². The first-order chi connectivity index (χ1) is 15.6. The molecular formula is C20H28N2O9S2. The maximum atomic E-state index is 13.1. The van der Waals surface area contributed by atoms with Gasteiger partial charge in [-0.2, -0.15) is 4.31 Å². The molecule has 2 aliphatic heterocycles. The maximum Gasteiger partial charge on any atom is 0.338 e. The molecule has 0 aromatic heterocycles. The van der Waals surface area contributed by atoms with Crippen LogP contribution < -0.4 is 4.74 Å². The van der Waals surface area contributed by atoms with E-state index in [1.807, 2.05) is 0 Å². The summed E-state index contributed by atoms with van der Waals surface area (Å²) in [7, 11) is -5.79. The highest BCUT2D eigenvalue weighted by atomic mass is 32.2. The first kappa shape index (κ1) is 25.4. The van der Waals surface area contributed by atoms with Crippen LogP contribution in [-0.4, -0.2) is 102 Å². The van der Waals surface area contributed by atoms with Crippen molar-refractivity contribution < 1.29 is 40.6 Å². The van der Waals surface area contributed by atoms with Gasteiger partial charge in [-0.3, -0.25) is 4.79 Å². The van der Waals surface area contributed by atoms with Crippen molar-refractivity contribution in [2.24, 2.45) is 0 Å². The first-order valence-corrected chi connectivity index (χ1v) is 13.8. The van der Waals surface area contributed by atoms with E-state index in [1.165, 1.54) is 28.4 Å². The summed E-state index contributed by atoms with van der Waals surface area (Å²) in [6, 6.07) is 3.42. The number of sulfonamides is 1. The summed E-state index contributed by atoms with van der Waals surface area (Å²) in [5, 5.41) is 0. The molecule has 0 bridgehead atoms. The van der Waals surface area contributed by atoms with E-state index in [-0.39, 0.29) is 60.6 Å². The van der Waals surface area contributed by atoms with E-state index in [0.717, 1.165) is 6.07 Å². The number of ether oxygens (including phenoxy) is 3. The Morgan fingerprint density at radius 1 is 1.24 bits per heavy atom. The highest BCUT2D eigenvalue weighted by Crippen LogP contribution is 2.28. The zero-order valence-corrected chi connectivity index (χ0v) is 20.2. The third-order valence-electron chi connectivity index (χ3n) is 5.62. The van der Waals surface area contributed by atoms with Gasteiger partial charge in [0.25, 0.3) is 5.91 Å². The number of likely N-dealkylation sites (N-methyl/N-ethyl adjacent to an activating group) is 1. The van der Waals surface area contributed by atoms with E-state index in [9.17, 15) is 26.4 Å². The lowest BCUT2D eigenvalue weighted by Crippen LogP contribution is -2.43. The van der Waals surface area contributed by atoms with Crippen molar-refractivity contribution in [2.45, 2.75) is 24.3 Å². The number of rotatable bonds is 8. The van der Waals surface area contributed by atoms with Crippen molar-refractivity contribution in [1.82, 2.24) is 9.21 Å². The third-order valence-corrected chi connectivity index (χ3v) is 9.29. The lowest BCUT2D eigenvalue weighted by molar-refractivity contribution is -0.136. The monoisotopic (exact) mass is 504 g/mol. The molecule has 33 heavy (non-hydrogen) atoms. The Labute approximate surface area is 193 Å². The smallest absolute Gasteiger partial charge is 0.338 e. The van der Waals surface area contributed by atoms with Crippen molar-refractivity contribution in [3.8, 4) is 5.75 Å². The predicted molar refractivity (Wildman–Crippen MR) is 117 cm³/mol. The van der Waals surface area contributed by atoms with Crippen LogP contribution in [0.2, 0.25) is 0 Å². The zero-order chi connectivity index (χ0) is 24.2. The van der Waals surface area contributed by atoms with Crippen LogP contribution >= 0.6 is 0 Å². The van der Waals surface area contributed by atoms with E-state index in [1.54, 1.807) is 6.92 Å². The van der Waals surface area contributed by atoms with Gasteiger partial charge in [-0.15, -0.1) is 0 Å². The number of carbonyl (C=O) groups is 2. The summed E-state index contributed by atoms with van der Waals surface area (Å²) in [4.78, 5) is 26.3. The molecule has 1 aromatic carbocycles. The van der Waals surface area contributed by atoms with Gasteiger partial charge in [-0.25, -0.2) is 21.6 Å². The fourth-order valence-corrected chi connectivity index (χ4v) is 7.20. The van der Waals surface area contributed by atoms with Gasteiger partial charge in [0.1, 0.15) is 10.6 Å². The number of carbonyl (C=O) groups excluding carboxylic acids is 2. The molecular weight excluding hydrogens is 476 g/mol. The highest BCUT2D eigenvalue weighted by molar-refractivity contribution is 7.91. The molecule has 11 nitrogen and oxygen atoms in total. The summed E-state index contributed by atoms with van der Waals surface area (Å²) in [5.74, 6) is -1.40. The number of hydrogen-bond acceptors (Lipinski definition) is 9. The molecule has 1 unspecified atom stereocenters. The minimum absolute atomic E-state index is 0.0213. The second-order valence-electron chi connectivity index (χ2n) is 7.69. The summed E-state index contributed by atoms with van der Waals surface area (Å²) in [5.41, 5.74) is -0.0538. The van der Waals surface area contributed by atoms with Gasteiger partial charge in [0.2, 0.25) is 10.0 Å². The Kier molecular flexibility index (Phi) is 7.98. The summed E-state index contributed by atoms with van der Waals surface area (Å²) >= 11 is 0. The van der Waals surface area contributed by atoms with Gasteiger partial charge < -0.3 is 19.1 Å². The number of hydrogen-bond donors (Lipinski definition) is 0. The van der Waals surface area contributed by atoms with E-state index in [4.69, 9.17) is 14.2 Å². The summed E-state index contributed by atoms with van der Waals surface area (Å²) in [6.07, 6.45) is 0.344. The molecule has 184 valence electrons. The quantitative estimate of drug-likeness (QED) is 0.445. The van der Waals surface area contributed by atoms with Crippen LogP contribution in [-0.2, 0) is 34.1 Å². The minimum Gasteiger partial charge on any atom is -0.495 e. The first-order valence-electron chi connectivity index (χ1n) is 10.5. The van der Waals surface area contributed by atoms with Crippen molar-refractivity contribution in [3.05, 3.63) is 23.8 Å². The number of morpholine rings is 1. The molecule has 2 fully saturated rings. The average molecular weight is 505 g/mol. The van der Waals surface area contributed by atoms with Crippen LogP contribution in [0.4, 0.5) is 0 Å². The van der Waals surface area contributed by atoms with Crippen LogP contribution in [0, 0.1) is 0 Å². The molecule has 0 radical (unpaired) electrons. The van der Waals surface area contributed by atoms with Gasteiger partial charge in [-0.05, 0) is 31.5 Å². The second-order valence-corrected chi connectivity index (χ2v) is 11.8. The van der Waals surface area contributed by atoms with Crippen molar-refractivity contribution in [3.63, 3.8) is 0 Å². The maximum absolute atomic E-state index is 13.1. The molecule has 2 heterocycles. The Balaban J connectivity index is 1.72. The Hall–Kier alpha value is -2.22. The number of esters is 1. The second kappa shape index (κ2) is 10.4. The molecule has 0 saturated carbocycles. The number of methoxy groups -OCH3 is 1. The van der Waals surface area contributed by atoms with Crippen LogP contribution in [0.15, 0.2) is 23.1 Å². The molecule has 3 rings (SSSR count). The number of nitrogens with zero attached hydrogens (tertiary/aromatic N) is 2. The third kappa shape index (κ3) is 5.83. The molecule has 0 N–H and O–H groups in total. The van der Waals surface area contributed by atoms with Gasteiger partial charge in [0.05, 0.1) is 37.4 Å². The van der Waals surface area contributed by atoms with Crippen molar-refractivity contribution in [1.29, 1.82) is 0 Å². The van der Waals surface area contributed by atoms with Crippen LogP contribution in [0.3, 0.4) is 0 Å². The largest absolute Gasteiger partial charge is 0.495 e. The summed E-state index contributed by atoms with van der Waals surface area (Å²) < 4.78 is 66.3. The molecule has 1 aromatic rings. The highest BCUT2D eigenvalue weighted by Gasteiger charge is 2.34. The molecule has 1 atom stereocenters. The number of amides is 1. The normalized spacial score (nSPS) is 20.8. The average Bonchev–Trinajstić information content (AvgIpc) is 3.17. The predicted octanol–water partition coefficient (Wildman–Crippen LogP) is -0.0915. The SMILES string of the molecule is CCN(C(=O)COC(=O)c1ccc(OC)c(S(=O)(=O)N2CCOCC2)c1)C1CCS(=O)(=O)C1. The Morgan fingerprint density at radius 3 is 2.52 bits per heavy atom. The fourth-order valence-electron chi connectivity index (χ4n) is 3.88. The van der Waals surface area contributed by atoms with E-state index < -0.39 is 44.4 Å². The molecule has 13 heteroatoms. The Bertz CT molecular complexity index is 1100. The van der Waals surface area contributed by atoms with Gasteiger partial charge in [0, 0.05) is 25.7 Å². The minimum atomic E-state index is -3.94. The molecule has 1 amide bonds. The van der Waals surface area contributed by atoms with E-state index in [0.29, 0.717) is 6.42 Å². The van der Waals surface area contributed by atoms with Gasteiger partial charge >= 0.3 is 5.97 Å². The van der Waals surface area contributed by atoms with Crippen molar-refractivity contribution >= 4 is 31.7 Å². The Morgan fingerprint density at radius 2 is 1.94 bits per heavy atom. The summed E-state index contributed by atoms with van der Waals surface area (Å²) in [6.45, 7) is 2.30. The van der Waals surface area contributed by atoms with Gasteiger partial charge in [0.15, 0.2) is 16.4 Å². The standard InChI is InChI=1S/C20H28N2O9S2/c1-3-22(16-6-11-32(25,26)14-16)19(23)13-31-20(24)15-4-5-17(29-2)18(12-15)33(27,28)21-7-9-30-10-8-21/h4-5,12,16H,3,6-11,13-14H2,1-2H3. The number of benzene rings is 1. The van der Waals surface area contributed by atoms with E-state index >= 15 is 0 Å². The molecule has 2 saturated heterocycles. The van der Waals surface area contributed by atoms with Gasteiger partial charge in [-0.1, -0.05) is 0 Å². The zero-order valence-electron chi connectivity index (χ0n) is 18.6. The fraction of sp³-hybridized carbons (Fsp3) is 0.600. The van der Waals surface area contributed by atoms with E-state index in [2.05, 4.69) is 0 Å². The lowest BCUT2D eigenvalue weighted by Gasteiger charge is -2.27. The topological polar surface area (TPSA) is 137 Å². The van der Waals surface area contributed by atoms with Crippen LogP contribution in [0.1, 0.15) is 23.7 Å². The number of sulfone groups is 1. The van der Waals surface area contributed by atoms with Crippen LogP contribution in [0.25, 0.3) is 0 Å².